The second-order valence-electron chi connectivity index (χ2n) is 8.48. The van der Waals surface area contributed by atoms with Gasteiger partial charge in [-0.25, -0.2) is 9.78 Å². The smallest absolute Gasteiger partial charge is 0.324 e. The normalized spacial score (nSPS) is 11.4. The van der Waals surface area contributed by atoms with Crippen molar-refractivity contribution in [3.8, 4) is 5.75 Å². The summed E-state index contributed by atoms with van der Waals surface area (Å²) in [7, 11) is 0. The number of fused-ring (bicyclic) bond motifs is 1. The zero-order valence-electron chi connectivity index (χ0n) is 18.9. The lowest BCUT2D eigenvalue weighted by Gasteiger charge is -2.12. The number of amides is 2. The molecular weight excluding hydrogens is 422 g/mol. The number of benzene rings is 1. The third-order valence-corrected chi connectivity index (χ3v) is 4.92. The predicted molar refractivity (Wildman–Crippen MR) is 124 cm³/mol. The number of hydrogen-bond acceptors (Lipinski definition) is 6. The highest BCUT2D eigenvalue weighted by Gasteiger charge is 2.20. The Kier molecular flexibility index (Phi) is 5.87. The molecule has 170 valence electrons. The predicted octanol–water partition coefficient (Wildman–Crippen LogP) is 4.89. The Bertz CT molecular complexity index is 1300. The Morgan fingerprint density at radius 2 is 1.85 bits per heavy atom. The summed E-state index contributed by atoms with van der Waals surface area (Å²) >= 11 is 0. The van der Waals surface area contributed by atoms with Crippen LogP contribution < -0.4 is 15.4 Å². The lowest BCUT2D eigenvalue weighted by Crippen LogP contribution is -2.19. The van der Waals surface area contributed by atoms with Crippen LogP contribution in [0.5, 0.6) is 5.75 Å². The molecule has 0 unspecified atom stereocenters. The number of urea groups is 1. The van der Waals surface area contributed by atoms with Gasteiger partial charge in [0.15, 0.2) is 5.82 Å². The maximum atomic E-state index is 13.0. The SMILES string of the molecule is CCOc1ccn2c(C(=O)c3ccc(NC(=O)Nc4cc(C(C)(C)C)on4)cc3)cnc2c1. The molecule has 0 bridgehead atoms. The first-order valence-corrected chi connectivity index (χ1v) is 10.5. The highest BCUT2D eigenvalue weighted by molar-refractivity contribution is 6.08. The van der Waals surface area contributed by atoms with Crippen molar-refractivity contribution in [2.75, 3.05) is 17.2 Å². The minimum Gasteiger partial charge on any atom is -0.494 e. The number of hydrogen-bond donors (Lipinski definition) is 2. The van der Waals surface area contributed by atoms with E-state index in [1.165, 1.54) is 6.20 Å². The van der Waals surface area contributed by atoms with Crippen molar-refractivity contribution in [2.45, 2.75) is 33.1 Å². The van der Waals surface area contributed by atoms with Crippen LogP contribution in [0.4, 0.5) is 16.3 Å². The first-order valence-electron chi connectivity index (χ1n) is 10.5. The monoisotopic (exact) mass is 447 g/mol. The highest BCUT2D eigenvalue weighted by Crippen LogP contribution is 2.24. The second-order valence-corrected chi connectivity index (χ2v) is 8.48. The van der Waals surface area contributed by atoms with Gasteiger partial charge in [-0.15, -0.1) is 0 Å². The molecular formula is C24H25N5O4. The summed E-state index contributed by atoms with van der Waals surface area (Å²) < 4.78 is 12.5. The molecule has 0 aliphatic rings. The number of carbonyl (C=O) groups excluding carboxylic acids is 2. The third-order valence-electron chi connectivity index (χ3n) is 4.92. The summed E-state index contributed by atoms with van der Waals surface area (Å²) in [6.07, 6.45) is 3.30. The number of nitrogens with zero attached hydrogens (tertiary/aromatic N) is 3. The summed E-state index contributed by atoms with van der Waals surface area (Å²) in [4.78, 5) is 29.6. The van der Waals surface area contributed by atoms with Crippen molar-refractivity contribution < 1.29 is 18.8 Å². The molecule has 9 nitrogen and oxygen atoms in total. The molecule has 2 N–H and O–H groups in total. The molecule has 0 radical (unpaired) electrons. The van der Waals surface area contributed by atoms with Gasteiger partial charge in [0, 0.05) is 35.0 Å². The summed E-state index contributed by atoms with van der Waals surface area (Å²) in [5.74, 6) is 1.51. The fourth-order valence-electron chi connectivity index (χ4n) is 3.21. The number of ketones is 1. The maximum Gasteiger partial charge on any atom is 0.324 e. The zero-order valence-corrected chi connectivity index (χ0v) is 18.9. The average Bonchev–Trinajstić information content (AvgIpc) is 3.41. The molecule has 0 saturated carbocycles. The van der Waals surface area contributed by atoms with E-state index in [0.717, 1.165) is 0 Å². The van der Waals surface area contributed by atoms with Gasteiger partial charge < -0.3 is 14.6 Å². The van der Waals surface area contributed by atoms with E-state index in [2.05, 4.69) is 20.8 Å². The van der Waals surface area contributed by atoms with E-state index in [1.54, 1.807) is 53.1 Å². The molecule has 33 heavy (non-hydrogen) atoms. The largest absolute Gasteiger partial charge is 0.494 e. The van der Waals surface area contributed by atoms with Crippen molar-refractivity contribution in [3.05, 3.63) is 71.9 Å². The van der Waals surface area contributed by atoms with Gasteiger partial charge in [0.2, 0.25) is 5.78 Å². The topological polar surface area (TPSA) is 111 Å². The van der Waals surface area contributed by atoms with Crippen LogP contribution in [0.1, 0.15) is 49.5 Å². The molecule has 3 aromatic heterocycles. The molecule has 0 atom stereocenters. The molecule has 0 spiro atoms. The molecule has 4 rings (SSSR count). The Hall–Kier alpha value is -4.14. The van der Waals surface area contributed by atoms with Crippen LogP contribution in [-0.4, -0.2) is 33.0 Å². The van der Waals surface area contributed by atoms with E-state index in [1.807, 2.05) is 27.7 Å². The molecule has 0 fully saturated rings. The van der Waals surface area contributed by atoms with Crippen LogP contribution in [0.15, 0.2) is 59.4 Å². The molecule has 9 heteroatoms. The quantitative estimate of drug-likeness (QED) is 0.407. The Labute approximate surface area is 190 Å². The zero-order chi connectivity index (χ0) is 23.6. The first-order chi connectivity index (χ1) is 15.7. The Morgan fingerprint density at radius 3 is 2.52 bits per heavy atom. The number of pyridine rings is 1. The van der Waals surface area contributed by atoms with Gasteiger partial charge in [-0.1, -0.05) is 25.9 Å². The van der Waals surface area contributed by atoms with Gasteiger partial charge in [-0.2, -0.15) is 0 Å². The number of ether oxygens (including phenoxy) is 1. The molecule has 4 aromatic rings. The van der Waals surface area contributed by atoms with Crippen molar-refractivity contribution in [1.29, 1.82) is 0 Å². The summed E-state index contributed by atoms with van der Waals surface area (Å²) in [5, 5.41) is 9.21. The number of anilines is 2. The van der Waals surface area contributed by atoms with Gasteiger partial charge in [0.1, 0.15) is 22.9 Å². The van der Waals surface area contributed by atoms with Gasteiger partial charge in [-0.05, 0) is 37.3 Å². The summed E-state index contributed by atoms with van der Waals surface area (Å²) in [6.45, 7) is 8.43. The molecule has 3 heterocycles. The summed E-state index contributed by atoms with van der Waals surface area (Å²) in [5.41, 5.74) is 1.86. The second kappa shape index (κ2) is 8.78. The lowest BCUT2D eigenvalue weighted by molar-refractivity contribution is 0.103. The number of carbonyl (C=O) groups is 2. The van der Waals surface area contributed by atoms with Gasteiger partial charge in [0.05, 0.1) is 12.8 Å². The van der Waals surface area contributed by atoms with Crippen LogP contribution in [-0.2, 0) is 5.41 Å². The van der Waals surface area contributed by atoms with Crippen molar-refractivity contribution in [1.82, 2.24) is 14.5 Å². The maximum absolute atomic E-state index is 13.0. The number of rotatable bonds is 6. The molecule has 0 aliphatic heterocycles. The van der Waals surface area contributed by atoms with Crippen molar-refractivity contribution in [2.24, 2.45) is 0 Å². The number of aromatic nitrogens is 3. The molecule has 2 amide bonds. The van der Waals surface area contributed by atoms with E-state index in [-0.39, 0.29) is 11.2 Å². The van der Waals surface area contributed by atoms with Crippen LogP contribution >= 0.6 is 0 Å². The highest BCUT2D eigenvalue weighted by atomic mass is 16.5. The fourth-order valence-corrected chi connectivity index (χ4v) is 3.21. The Balaban J connectivity index is 1.42. The van der Waals surface area contributed by atoms with Crippen LogP contribution in [0, 0.1) is 0 Å². The Morgan fingerprint density at radius 1 is 1.09 bits per heavy atom. The first kappa shape index (κ1) is 22.1. The minimum absolute atomic E-state index is 0.181. The lowest BCUT2D eigenvalue weighted by atomic mass is 9.93. The van der Waals surface area contributed by atoms with Crippen LogP contribution in [0.2, 0.25) is 0 Å². The standard InChI is InChI=1S/C24H25N5O4/c1-5-32-17-10-11-29-18(14-25-21(29)12-17)22(30)15-6-8-16(9-7-15)26-23(31)27-20-13-19(33-28-20)24(2,3)4/h6-14H,5H2,1-4H3,(H2,26,27,28,31). The number of nitrogens with one attached hydrogen (secondary N) is 2. The number of imidazole rings is 1. The van der Waals surface area contributed by atoms with E-state index >= 15 is 0 Å². The van der Waals surface area contributed by atoms with Crippen LogP contribution in [0.3, 0.4) is 0 Å². The molecule has 0 saturated heterocycles. The van der Waals surface area contributed by atoms with Crippen molar-refractivity contribution in [3.63, 3.8) is 0 Å². The van der Waals surface area contributed by atoms with Crippen molar-refractivity contribution >= 4 is 29.0 Å². The summed E-state index contributed by atoms with van der Waals surface area (Å²) in [6, 6.07) is 11.4. The van der Waals surface area contributed by atoms with Crippen LogP contribution in [0.25, 0.3) is 5.65 Å². The van der Waals surface area contributed by atoms with E-state index in [9.17, 15) is 9.59 Å². The van der Waals surface area contributed by atoms with E-state index in [4.69, 9.17) is 9.26 Å². The van der Waals surface area contributed by atoms with E-state index in [0.29, 0.717) is 46.5 Å². The van der Waals surface area contributed by atoms with Gasteiger partial charge in [0.25, 0.3) is 0 Å². The van der Waals surface area contributed by atoms with Gasteiger partial charge >= 0.3 is 6.03 Å². The van der Waals surface area contributed by atoms with E-state index < -0.39 is 6.03 Å². The molecule has 0 aliphatic carbocycles. The molecule has 1 aromatic carbocycles. The van der Waals surface area contributed by atoms with Gasteiger partial charge in [-0.3, -0.25) is 14.5 Å². The average molecular weight is 447 g/mol. The third kappa shape index (κ3) is 4.87. The fraction of sp³-hybridized carbons (Fsp3) is 0.250. The minimum atomic E-state index is -0.463.